The lowest BCUT2D eigenvalue weighted by molar-refractivity contribution is 0.267. The van der Waals surface area contributed by atoms with Crippen molar-refractivity contribution in [3.05, 3.63) is 22.2 Å². The topological polar surface area (TPSA) is 46.6 Å². The summed E-state index contributed by atoms with van der Waals surface area (Å²) in [5, 5.41) is 0.397. The normalized spacial score (nSPS) is 20.9. The van der Waals surface area contributed by atoms with Crippen LogP contribution in [0.3, 0.4) is 0 Å². The molecule has 0 radical (unpaired) electrons. The second kappa shape index (κ2) is 6.10. The number of methoxy groups -OCH3 is 1. The van der Waals surface area contributed by atoms with E-state index < -0.39 is 10.0 Å². The van der Waals surface area contributed by atoms with E-state index in [0.29, 0.717) is 6.54 Å². The number of hydrogen-bond donors (Lipinski definition) is 0. The van der Waals surface area contributed by atoms with Crippen LogP contribution in [0.4, 0.5) is 0 Å². The third-order valence-corrected chi connectivity index (χ3v) is 6.37. The van der Waals surface area contributed by atoms with Crippen molar-refractivity contribution >= 4 is 33.2 Å². The maximum atomic E-state index is 12.8. The number of halogens is 2. The van der Waals surface area contributed by atoms with E-state index in [1.54, 1.807) is 0 Å². The summed E-state index contributed by atoms with van der Waals surface area (Å²) < 4.78 is 32.2. The molecule has 0 spiro atoms. The van der Waals surface area contributed by atoms with E-state index >= 15 is 0 Å². The van der Waals surface area contributed by atoms with Crippen LogP contribution in [0.5, 0.6) is 5.75 Å². The first-order chi connectivity index (χ1) is 9.39. The molecule has 2 rings (SSSR count). The lowest BCUT2D eigenvalue weighted by Crippen LogP contribution is -2.42. The number of rotatable bonds is 3. The Morgan fingerprint density at radius 2 is 2.00 bits per heavy atom. The van der Waals surface area contributed by atoms with Gasteiger partial charge in [-0.3, -0.25) is 0 Å². The van der Waals surface area contributed by atoms with Crippen molar-refractivity contribution in [2.45, 2.75) is 37.1 Å². The van der Waals surface area contributed by atoms with Crippen molar-refractivity contribution in [2.24, 2.45) is 0 Å². The van der Waals surface area contributed by atoms with Gasteiger partial charge < -0.3 is 4.74 Å². The lowest BCUT2D eigenvalue weighted by atomic mass is 10.1. The van der Waals surface area contributed by atoms with Crippen LogP contribution in [-0.4, -0.2) is 32.4 Å². The zero-order valence-corrected chi connectivity index (χ0v) is 13.7. The fourth-order valence-corrected chi connectivity index (χ4v) is 4.77. The molecule has 0 amide bonds. The molecule has 1 heterocycles. The molecule has 0 aromatic heterocycles. The van der Waals surface area contributed by atoms with Gasteiger partial charge in [-0.05, 0) is 31.9 Å². The fraction of sp³-hybridized carbons (Fsp3) is 0.538. The van der Waals surface area contributed by atoms with E-state index in [-0.39, 0.29) is 26.7 Å². The third kappa shape index (κ3) is 2.77. The second-order valence-corrected chi connectivity index (χ2v) is 7.50. The first kappa shape index (κ1) is 15.9. The Kier molecular flexibility index (Phi) is 4.84. The van der Waals surface area contributed by atoms with Crippen LogP contribution in [0.1, 0.15) is 26.2 Å². The van der Waals surface area contributed by atoms with Crippen LogP contribution in [0.25, 0.3) is 0 Å². The molecule has 1 unspecified atom stereocenters. The first-order valence-corrected chi connectivity index (χ1v) is 8.63. The number of piperidine rings is 1. The third-order valence-electron chi connectivity index (χ3n) is 3.55. The molecule has 1 fully saturated rings. The fourth-order valence-electron chi connectivity index (χ4n) is 2.46. The molecule has 4 nitrogen and oxygen atoms in total. The Morgan fingerprint density at radius 3 is 2.60 bits per heavy atom. The van der Waals surface area contributed by atoms with Gasteiger partial charge in [-0.1, -0.05) is 29.6 Å². The Hall–Kier alpha value is -0.490. The molecular weight excluding hydrogens is 321 g/mol. The zero-order chi connectivity index (χ0) is 14.9. The van der Waals surface area contributed by atoms with E-state index in [0.717, 1.165) is 19.3 Å². The van der Waals surface area contributed by atoms with Crippen molar-refractivity contribution in [1.29, 1.82) is 0 Å². The van der Waals surface area contributed by atoms with E-state index in [1.165, 1.54) is 23.5 Å². The van der Waals surface area contributed by atoms with Gasteiger partial charge in [0.05, 0.1) is 12.1 Å². The molecule has 1 aliphatic heterocycles. The van der Waals surface area contributed by atoms with Crippen molar-refractivity contribution < 1.29 is 13.2 Å². The molecule has 0 N–H and O–H groups in total. The van der Waals surface area contributed by atoms with Gasteiger partial charge in [-0.15, -0.1) is 0 Å². The van der Waals surface area contributed by atoms with Crippen LogP contribution in [0.2, 0.25) is 10.0 Å². The molecule has 1 aliphatic rings. The van der Waals surface area contributed by atoms with Gasteiger partial charge in [0.15, 0.2) is 5.75 Å². The minimum Gasteiger partial charge on any atom is -0.494 e. The highest BCUT2D eigenvalue weighted by Gasteiger charge is 2.34. The highest BCUT2D eigenvalue weighted by Crippen LogP contribution is 2.39. The highest BCUT2D eigenvalue weighted by atomic mass is 35.5. The SMILES string of the molecule is COc1c(S(=O)(=O)N2CCCCC2C)ccc(Cl)c1Cl. The predicted molar refractivity (Wildman–Crippen MR) is 80.2 cm³/mol. The van der Waals surface area contributed by atoms with Crippen LogP contribution < -0.4 is 4.74 Å². The number of sulfonamides is 1. The Balaban J connectivity index is 2.52. The van der Waals surface area contributed by atoms with Crippen molar-refractivity contribution in [3.63, 3.8) is 0 Å². The summed E-state index contributed by atoms with van der Waals surface area (Å²) in [5.41, 5.74) is 0. The standard InChI is InChI=1S/C13H17Cl2NO3S/c1-9-5-3-4-8-16(9)20(17,18)11-7-6-10(14)12(15)13(11)19-2/h6-7,9H,3-5,8H2,1-2H3. The summed E-state index contributed by atoms with van der Waals surface area (Å²) in [4.78, 5) is 0.0724. The minimum absolute atomic E-state index is 0.0205. The van der Waals surface area contributed by atoms with Gasteiger partial charge in [0, 0.05) is 12.6 Å². The van der Waals surface area contributed by atoms with Crippen molar-refractivity contribution in [1.82, 2.24) is 4.31 Å². The molecule has 1 aromatic rings. The lowest BCUT2D eigenvalue weighted by Gasteiger charge is -2.32. The Labute approximate surface area is 129 Å². The molecule has 1 atom stereocenters. The summed E-state index contributed by atoms with van der Waals surface area (Å²) in [5.74, 6) is 0.108. The largest absolute Gasteiger partial charge is 0.494 e. The van der Waals surface area contributed by atoms with E-state index in [2.05, 4.69) is 0 Å². The molecule has 0 aliphatic carbocycles. The number of benzene rings is 1. The molecular formula is C13H17Cl2NO3S. The zero-order valence-electron chi connectivity index (χ0n) is 11.4. The van der Waals surface area contributed by atoms with Crippen LogP contribution in [0.15, 0.2) is 17.0 Å². The quantitative estimate of drug-likeness (QED) is 0.847. The second-order valence-electron chi connectivity index (χ2n) is 4.85. The van der Waals surface area contributed by atoms with Gasteiger partial charge in [-0.25, -0.2) is 8.42 Å². The monoisotopic (exact) mass is 337 g/mol. The number of hydrogen-bond acceptors (Lipinski definition) is 3. The van der Waals surface area contributed by atoms with Gasteiger partial charge in [0.2, 0.25) is 10.0 Å². The van der Waals surface area contributed by atoms with Gasteiger partial charge in [-0.2, -0.15) is 4.31 Å². The van der Waals surface area contributed by atoms with Gasteiger partial charge in [0.25, 0.3) is 0 Å². The van der Waals surface area contributed by atoms with Gasteiger partial charge >= 0.3 is 0 Å². The summed E-state index contributed by atoms with van der Waals surface area (Å²) in [6.45, 7) is 2.44. The molecule has 1 aromatic carbocycles. The van der Waals surface area contributed by atoms with Crippen molar-refractivity contribution in [2.75, 3.05) is 13.7 Å². The summed E-state index contributed by atoms with van der Waals surface area (Å²) in [6, 6.07) is 2.91. The van der Waals surface area contributed by atoms with Crippen molar-refractivity contribution in [3.8, 4) is 5.75 Å². The molecule has 20 heavy (non-hydrogen) atoms. The Morgan fingerprint density at radius 1 is 1.30 bits per heavy atom. The molecule has 7 heteroatoms. The van der Waals surface area contributed by atoms with Gasteiger partial charge in [0.1, 0.15) is 9.92 Å². The van der Waals surface area contributed by atoms with Crippen LogP contribution in [-0.2, 0) is 10.0 Å². The highest BCUT2D eigenvalue weighted by molar-refractivity contribution is 7.89. The van der Waals surface area contributed by atoms with Crippen LogP contribution >= 0.6 is 23.2 Å². The molecule has 0 bridgehead atoms. The summed E-state index contributed by atoms with van der Waals surface area (Å²) in [6.07, 6.45) is 2.78. The predicted octanol–water partition coefficient (Wildman–Crippen LogP) is 3.57. The average Bonchev–Trinajstić information content (AvgIpc) is 2.41. The maximum absolute atomic E-state index is 12.8. The number of ether oxygens (including phenoxy) is 1. The first-order valence-electron chi connectivity index (χ1n) is 6.43. The maximum Gasteiger partial charge on any atom is 0.247 e. The molecule has 0 saturated carbocycles. The molecule has 112 valence electrons. The smallest absolute Gasteiger partial charge is 0.247 e. The summed E-state index contributed by atoms with van der Waals surface area (Å²) in [7, 11) is -2.24. The average molecular weight is 338 g/mol. The minimum atomic E-state index is -3.63. The van der Waals surface area contributed by atoms with E-state index in [9.17, 15) is 8.42 Å². The molecule has 1 saturated heterocycles. The summed E-state index contributed by atoms with van der Waals surface area (Å²) >= 11 is 11.9. The van der Waals surface area contributed by atoms with E-state index in [4.69, 9.17) is 27.9 Å². The van der Waals surface area contributed by atoms with E-state index in [1.807, 2.05) is 6.92 Å². The number of nitrogens with zero attached hydrogens (tertiary/aromatic N) is 1. The van der Waals surface area contributed by atoms with Crippen LogP contribution in [0, 0.1) is 0 Å². The Bertz CT molecular complexity index is 604.